The number of pyridine rings is 1. The van der Waals surface area contributed by atoms with Crippen molar-refractivity contribution in [2.24, 2.45) is 0 Å². The van der Waals surface area contributed by atoms with Crippen molar-refractivity contribution in [1.82, 2.24) is 23.7 Å². The number of aryl methyl sites for hydroxylation is 2. The van der Waals surface area contributed by atoms with Gasteiger partial charge in [0, 0.05) is 30.9 Å². The van der Waals surface area contributed by atoms with Crippen LogP contribution in [0.2, 0.25) is 5.02 Å². The molecule has 0 aliphatic rings. The van der Waals surface area contributed by atoms with Gasteiger partial charge in [0.05, 0.1) is 12.7 Å². The minimum absolute atomic E-state index is 0.105. The Labute approximate surface area is 194 Å². The largest absolute Gasteiger partial charge is 0.424 e. The average molecular weight is 470 g/mol. The Balaban J connectivity index is 1.96. The monoisotopic (exact) mass is 469 g/mol. The number of ether oxygens (including phenoxy) is 1. The van der Waals surface area contributed by atoms with Crippen LogP contribution in [0.15, 0.2) is 52.3 Å². The van der Waals surface area contributed by atoms with Gasteiger partial charge in [-0.25, -0.2) is 4.79 Å². The number of nitrogens with zero attached hydrogens (tertiary/aromatic N) is 5. The second-order valence-corrected chi connectivity index (χ2v) is 8.08. The number of aliphatic hydroxyl groups is 1. The van der Waals surface area contributed by atoms with Gasteiger partial charge >= 0.3 is 11.7 Å². The summed E-state index contributed by atoms with van der Waals surface area (Å²) >= 11 is 6.03. The molecule has 1 aromatic carbocycles. The van der Waals surface area contributed by atoms with E-state index in [1.54, 1.807) is 29.1 Å². The van der Waals surface area contributed by atoms with E-state index in [4.69, 9.17) is 16.3 Å². The maximum atomic E-state index is 13.4. The van der Waals surface area contributed by atoms with E-state index in [1.807, 2.05) is 32.0 Å². The van der Waals surface area contributed by atoms with Gasteiger partial charge in [-0.2, -0.15) is 4.98 Å². The molecule has 0 unspecified atom stereocenters. The van der Waals surface area contributed by atoms with Crippen LogP contribution in [-0.4, -0.2) is 35.4 Å². The van der Waals surface area contributed by atoms with E-state index in [0.717, 1.165) is 15.7 Å². The highest BCUT2D eigenvalue weighted by atomic mass is 35.5. The summed E-state index contributed by atoms with van der Waals surface area (Å²) in [5, 5.41) is 9.83. The van der Waals surface area contributed by atoms with E-state index < -0.39 is 11.2 Å². The first-order chi connectivity index (χ1) is 15.9. The fourth-order valence-electron chi connectivity index (χ4n) is 3.67. The Bertz CT molecular complexity index is 1410. The molecule has 4 rings (SSSR count). The number of fused-ring (bicyclic) bond motifs is 1. The molecule has 10 heteroatoms. The standard InChI is InChI=1S/C23H24ClN5O4/c1-3-27-20-19(21(31)28(23(27)32)9-4-10-30)29(14-16-5-7-17(24)8-6-16)22(26-20)33-18-11-15(2)12-25-13-18/h5-8,11-13,30H,3-4,9-10,14H2,1-2H3. The second-order valence-electron chi connectivity index (χ2n) is 7.64. The molecule has 0 fully saturated rings. The molecule has 3 heterocycles. The van der Waals surface area contributed by atoms with Gasteiger partial charge < -0.3 is 9.84 Å². The molecule has 0 bridgehead atoms. The molecule has 0 atom stereocenters. The van der Waals surface area contributed by atoms with Crippen LogP contribution >= 0.6 is 11.6 Å². The van der Waals surface area contributed by atoms with E-state index >= 15 is 0 Å². The third-order valence-electron chi connectivity index (χ3n) is 5.25. The van der Waals surface area contributed by atoms with Gasteiger partial charge in [0.1, 0.15) is 5.75 Å². The molecule has 33 heavy (non-hydrogen) atoms. The molecule has 9 nitrogen and oxygen atoms in total. The summed E-state index contributed by atoms with van der Waals surface area (Å²) in [6.07, 6.45) is 3.55. The van der Waals surface area contributed by atoms with E-state index in [9.17, 15) is 14.7 Å². The number of hydrogen-bond acceptors (Lipinski definition) is 6. The van der Waals surface area contributed by atoms with Crippen LogP contribution in [0.1, 0.15) is 24.5 Å². The quantitative estimate of drug-likeness (QED) is 0.425. The molecule has 0 aliphatic carbocycles. The Morgan fingerprint density at radius 2 is 1.85 bits per heavy atom. The van der Waals surface area contributed by atoms with E-state index in [0.29, 0.717) is 17.3 Å². The SMILES string of the molecule is CCn1c(=O)n(CCCO)c(=O)c2c1nc(Oc1cncc(C)c1)n2Cc1ccc(Cl)cc1. The van der Waals surface area contributed by atoms with Gasteiger partial charge in [-0.1, -0.05) is 23.7 Å². The molecule has 0 amide bonds. The molecule has 0 aliphatic heterocycles. The summed E-state index contributed by atoms with van der Waals surface area (Å²) < 4.78 is 10.3. The predicted molar refractivity (Wildman–Crippen MR) is 125 cm³/mol. The van der Waals surface area contributed by atoms with Crippen LogP contribution in [0.4, 0.5) is 0 Å². The number of halogens is 1. The fourth-order valence-corrected chi connectivity index (χ4v) is 3.79. The summed E-state index contributed by atoms with van der Waals surface area (Å²) in [5.41, 5.74) is 1.33. The Morgan fingerprint density at radius 3 is 2.52 bits per heavy atom. The molecule has 0 saturated heterocycles. The van der Waals surface area contributed by atoms with Gasteiger partial charge in [0.25, 0.3) is 5.56 Å². The number of rotatable bonds is 8. The number of aliphatic hydroxyl groups excluding tert-OH is 1. The highest BCUT2D eigenvalue weighted by Crippen LogP contribution is 2.26. The molecule has 0 spiro atoms. The van der Waals surface area contributed by atoms with Crippen molar-refractivity contribution >= 4 is 22.8 Å². The Morgan fingerprint density at radius 1 is 1.09 bits per heavy atom. The molecule has 0 radical (unpaired) electrons. The van der Waals surface area contributed by atoms with Crippen LogP contribution < -0.4 is 16.0 Å². The lowest BCUT2D eigenvalue weighted by Gasteiger charge is -2.12. The van der Waals surface area contributed by atoms with E-state index in [2.05, 4.69) is 9.97 Å². The summed E-state index contributed by atoms with van der Waals surface area (Å²) in [4.78, 5) is 35.1. The first-order valence-corrected chi connectivity index (χ1v) is 11.0. The molecule has 172 valence electrons. The third kappa shape index (κ3) is 4.55. The highest BCUT2D eigenvalue weighted by molar-refractivity contribution is 6.30. The van der Waals surface area contributed by atoms with Gasteiger partial charge in [0.15, 0.2) is 11.2 Å². The molecular formula is C23H24ClN5O4. The first kappa shape index (κ1) is 22.8. The highest BCUT2D eigenvalue weighted by Gasteiger charge is 2.22. The lowest BCUT2D eigenvalue weighted by molar-refractivity contribution is 0.277. The van der Waals surface area contributed by atoms with Crippen LogP contribution in [0.25, 0.3) is 11.2 Å². The number of hydrogen-bond donors (Lipinski definition) is 1. The van der Waals surface area contributed by atoms with Gasteiger partial charge in [-0.3, -0.25) is 23.5 Å². The summed E-state index contributed by atoms with van der Waals surface area (Å²) in [6.45, 7) is 4.27. The van der Waals surface area contributed by atoms with Crippen LogP contribution in [0.3, 0.4) is 0 Å². The number of benzene rings is 1. The number of aromatic nitrogens is 5. The Kier molecular flexibility index (Phi) is 6.62. The third-order valence-corrected chi connectivity index (χ3v) is 5.50. The number of imidazole rings is 1. The van der Waals surface area contributed by atoms with Crippen LogP contribution in [-0.2, 0) is 19.6 Å². The maximum absolute atomic E-state index is 13.4. The summed E-state index contributed by atoms with van der Waals surface area (Å²) in [6, 6.07) is 9.22. The molecule has 3 aromatic heterocycles. The fraction of sp³-hybridized carbons (Fsp3) is 0.304. The minimum Gasteiger partial charge on any atom is -0.424 e. The van der Waals surface area contributed by atoms with E-state index in [1.165, 1.54) is 4.57 Å². The van der Waals surface area contributed by atoms with Crippen molar-refractivity contribution in [3.05, 3.63) is 79.7 Å². The minimum atomic E-state index is -0.480. The zero-order chi connectivity index (χ0) is 23.5. The van der Waals surface area contributed by atoms with Gasteiger partial charge in [-0.05, 0) is 49.6 Å². The zero-order valence-electron chi connectivity index (χ0n) is 18.4. The average Bonchev–Trinajstić information content (AvgIpc) is 3.13. The van der Waals surface area contributed by atoms with Crippen molar-refractivity contribution in [1.29, 1.82) is 0 Å². The zero-order valence-corrected chi connectivity index (χ0v) is 19.1. The lowest BCUT2D eigenvalue weighted by atomic mass is 10.2. The van der Waals surface area contributed by atoms with Crippen molar-refractivity contribution in [2.75, 3.05) is 6.61 Å². The molecular weight excluding hydrogens is 446 g/mol. The summed E-state index contributed by atoms with van der Waals surface area (Å²) in [7, 11) is 0. The molecule has 4 aromatic rings. The van der Waals surface area contributed by atoms with Crippen molar-refractivity contribution in [2.45, 2.75) is 39.9 Å². The lowest BCUT2D eigenvalue weighted by Crippen LogP contribution is -2.40. The van der Waals surface area contributed by atoms with E-state index in [-0.39, 0.29) is 43.3 Å². The normalized spacial score (nSPS) is 11.3. The van der Waals surface area contributed by atoms with Gasteiger partial charge in [0.2, 0.25) is 0 Å². The first-order valence-electron chi connectivity index (χ1n) is 10.6. The predicted octanol–water partition coefficient (Wildman–Crippen LogP) is 2.96. The van der Waals surface area contributed by atoms with Crippen LogP contribution in [0, 0.1) is 6.92 Å². The topological polar surface area (TPSA) is 104 Å². The van der Waals surface area contributed by atoms with Crippen molar-refractivity contribution < 1.29 is 9.84 Å². The smallest absolute Gasteiger partial charge is 0.332 e. The van der Waals surface area contributed by atoms with Crippen LogP contribution in [0.5, 0.6) is 11.8 Å². The molecule has 1 N–H and O–H groups in total. The maximum Gasteiger partial charge on any atom is 0.332 e. The Hall–Kier alpha value is -3.43. The van der Waals surface area contributed by atoms with Crippen molar-refractivity contribution in [3.63, 3.8) is 0 Å². The second kappa shape index (κ2) is 9.60. The van der Waals surface area contributed by atoms with Gasteiger partial charge in [-0.15, -0.1) is 0 Å². The van der Waals surface area contributed by atoms with Crippen molar-refractivity contribution in [3.8, 4) is 11.8 Å². The molecule has 0 saturated carbocycles. The summed E-state index contributed by atoms with van der Waals surface area (Å²) in [5.74, 6) is 0.466.